The summed E-state index contributed by atoms with van der Waals surface area (Å²) in [5.74, 6) is -0.708. The molecule has 7 heteroatoms. The molecule has 0 heterocycles. The molecule has 2 aromatic carbocycles. The van der Waals surface area contributed by atoms with Crippen molar-refractivity contribution in [3.05, 3.63) is 53.1 Å². The monoisotopic (exact) mass is 361 g/mol. The van der Waals surface area contributed by atoms with Crippen molar-refractivity contribution in [1.29, 1.82) is 0 Å². The molecule has 0 atom stereocenters. The van der Waals surface area contributed by atoms with E-state index in [0.717, 1.165) is 12.0 Å². The van der Waals surface area contributed by atoms with Crippen molar-refractivity contribution in [2.45, 2.75) is 31.1 Å². The van der Waals surface area contributed by atoms with Gasteiger partial charge in [-0.05, 0) is 61.6 Å². The van der Waals surface area contributed by atoms with Crippen molar-refractivity contribution in [2.24, 2.45) is 0 Å². The molecule has 0 fully saturated rings. The number of benzene rings is 2. The third kappa shape index (κ3) is 3.46. The van der Waals surface area contributed by atoms with E-state index in [9.17, 15) is 18.3 Å². The number of ether oxygens (including phenoxy) is 1. The topological polar surface area (TPSA) is 92.7 Å². The molecule has 0 bridgehead atoms. The molecule has 25 heavy (non-hydrogen) atoms. The van der Waals surface area contributed by atoms with Gasteiger partial charge in [0.1, 0.15) is 5.75 Å². The third-order valence-electron chi connectivity index (χ3n) is 4.14. The summed E-state index contributed by atoms with van der Waals surface area (Å²) in [6, 6.07) is 9.56. The van der Waals surface area contributed by atoms with Gasteiger partial charge in [-0.15, -0.1) is 0 Å². The van der Waals surface area contributed by atoms with E-state index >= 15 is 0 Å². The molecule has 132 valence electrons. The minimum atomic E-state index is -3.93. The van der Waals surface area contributed by atoms with Crippen LogP contribution >= 0.6 is 0 Å². The molecule has 0 unspecified atom stereocenters. The van der Waals surface area contributed by atoms with Gasteiger partial charge in [-0.2, -0.15) is 0 Å². The first-order valence-corrected chi connectivity index (χ1v) is 9.54. The van der Waals surface area contributed by atoms with Crippen molar-refractivity contribution in [3.63, 3.8) is 0 Å². The van der Waals surface area contributed by atoms with Crippen LogP contribution in [-0.2, 0) is 22.9 Å². The lowest BCUT2D eigenvalue weighted by Gasteiger charge is -2.15. The molecule has 3 rings (SSSR count). The smallest absolute Gasteiger partial charge is 0.335 e. The molecular formula is C18H19NO5S. The third-order valence-corrected chi connectivity index (χ3v) is 5.57. The maximum absolute atomic E-state index is 12.9. The number of anilines is 1. The number of hydrogen-bond acceptors (Lipinski definition) is 4. The first-order chi connectivity index (χ1) is 11.9. The average Bonchev–Trinajstić information content (AvgIpc) is 3.04. The van der Waals surface area contributed by atoms with Gasteiger partial charge in [0.25, 0.3) is 10.0 Å². The number of nitrogens with one attached hydrogen (secondary N) is 1. The van der Waals surface area contributed by atoms with Gasteiger partial charge < -0.3 is 9.84 Å². The fourth-order valence-electron chi connectivity index (χ4n) is 3.06. The molecule has 0 saturated heterocycles. The van der Waals surface area contributed by atoms with Crippen LogP contribution in [0.1, 0.15) is 34.8 Å². The van der Waals surface area contributed by atoms with E-state index in [1.807, 2.05) is 6.92 Å². The van der Waals surface area contributed by atoms with Crippen LogP contribution in [0.25, 0.3) is 0 Å². The second-order valence-electron chi connectivity index (χ2n) is 5.81. The van der Waals surface area contributed by atoms with Gasteiger partial charge in [-0.25, -0.2) is 13.2 Å². The Bertz CT molecular complexity index is 921. The number of aryl methyl sites for hydroxylation is 1. The maximum Gasteiger partial charge on any atom is 0.335 e. The van der Waals surface area contributed by atoms with Crippen LogP contribution in [-0.4, -0.2) is 26.1 Å². The molecule has 0 radical (unpaired) electrons. The quantitative estimate of drug-likeness (QED) is 0.825. The van der Waals surface area contributed by atoms with Gasteiger partial charge in [0.15, 0.2) is 0 Å². The molecule has 2 aromatic rings. The number of aromatic carboxylic acids is 1. The van der Waals surface area contributed by atoms with E-state index in [0.29, 0.717) is 36.4 Å². The predicted molar refractivity (Wildman–Crippen MR) is 93.8 cm³/mol. The minimum Gasteiger partial charge on any atom is -0.492 e. The Kier molecular flexibility index (Phi) is 4.67. The van der Waals surface area contributed by atoms with Crippen LogP contribution in [0.5, 0.6) is 5.75 Å². The molecule has 0 aliphatic heterocycles. The highest BCUT2D eigenvalue weighted by molar-refractivity contribution is 7.92. The molecule has 0 amide bonds. The molecule has 0 spiro atoms. The first-order valence-electron chi connectivity index (χ1n) is 8.06. The lowest BCUT2D eigenvalue weighted by Crippen LogP contribution is -2.17. The van der Waals surface area contributed by atoms with Crippen LogP contribution in [0.15, 0.2) is 41.3 Å². The molecule has 0 aromatic heterocycles. The zero-order valence-electron chi connectivity index (χ0n) is 13.8. The summed E-state index contributed by atoms with van der Waals surface area (Å²) in [6.07, 6.45) is 2.13. The SMILES string of the molecule is CCOc1ccccc1NS(=O)(=O)c1cc(C(=O)O)cc2c1CCC2. The van der Waals surface area contributed by atoms with Crippen molar-refractivity contribution in [1.82, 2.24) is 0 Å². The average molecular weight is 361 g/mol. The Morgan fingerprint density at radius 2 is 2.00 bits per heavy atom. The molecule has 0 saturated carbocycles. The van der Waals surface area contributed by atoms with Crippen molar-refractivity contribution >= 4 is 21.7 Å². The van der Waals surface area contributed by atoms with Crippen LogP contribution in [0.2, 0.25) is 0 Å². The van der Waals surface area contributed by atoms with E-state index in [4.69, 9.17) is 4.74 Å². The normalized spacial score (nSPS) is 13.3. The summed E-state index contributed by atoms with van der Waals surface area (Å²) >= 11 is 0. The molecule has 2 N–H and O–H groups in total. The molecule has 6 nitrogen and oxygen atoms in total. The maximum atomic E-state index is 12.9. The standard InChI is InChI=1S/C18H19NO5S/c1-2-24-16-9-4-3-8-15(16)19-25(22,23)17-11-13(18(20)21)10-12-6-5-7-14(12)17/h3-4,8-11,19H,2,5-7H2,1H3,(H,20,21). The summed E-state index contributed by atoms with van der Waals surface area (Å²) in [6.45, 7) is 2.22. The Balaban J connectivity index is 2.05. The van der Waals surface area contributed by atoms with E-state index in [2.05, 4.69) is 4.72 Å². The van der Waals surface area contributed by atoms with Gasteiger partial charge in [-0.3, -0.25) is 4.72 Å². The van der Waals surface area contributed by atoms with Gasteiger partial charge in [0.05, 0.1) is 22.8 Å². The largest absolute Gasteiger partial charge is 0.492 e. The van der Waals surface area contributed by atoms with E-state index in [-0.39, 0.29) is 10.5 Å². The number of carboxylic acids is 1. The Labute approximate surface area is 146 Å². The van der Waals surface area contributed by atoms with Crippen molar-refractivity contribution < 1.29 is 23.1 Å². The molecule has 1 aliphatic rings. The summed E-state index contributed by atoms with van der Waals surface area (Å²) in [7, 11) is -3.93. The predicted octanol–water partition coefficient (Wildman–Crippen LogP) is 3.07. The zero-order valence-corrected chi connectivity index (χ0v) is 14.6. The number of fused-ring (bicyclic) bond motifs is 1. The second kappa shape index (κ2) is 6.76. The van der Waals surface area contributed by atoms with Crippen LogP contribution in [0.4, 0.5) is 5.69 Å². The number of hydrogen-bond donors (Lipinski definition) is 2. The Hall–Kier alpha value is -2.54. The first kappa shape index (κ1) is 17.3. The van der Waals surface area contributed by atoms with E-state index in [1.165, 1.54) is 6.07 Å². The number of carbonyl (C=O) groups is 1. The number of sulfonamides is 1. The summed E-state index contributed by atoms with van der Waals surface area (Å²) < 4.78 is 33.9. The number of para-hydroxylation sites is 2. The summed E-state index contributed by atoms with van der Waals surface area (Å²) in [5.41, 5.74) is 1.81. The van der Waals surface area contributed by atoms with Gasteiger partial charge in [-0.1, -0.05) is 12.1 Å². The van der Waals surface area contributed by atoms with E-state index < -0.39 is 16.0 Å². The van der Waals surface area contributed by atoms with Gasteiger partial charge >= 0.3 is 5.97 Å². The number of carboxylic acid groups (broad SMARTS) is 1. The lowest BCUT2D eigenvalue weighted by molar-refractivity contribution is 0.0696. The highest BCUT2D eigenvalue weighted by atomic mass is 32.2. The molecule has 1 aliphatic carbocycles. The Morgan fingerprint density at radius 3 is 2.72 bits per heavy atom. The van der Waals surface area contributed by atoms with Crippen LogP contribution < -0.4 is 9.46 Å². The Morgan fingerprint density at radius 1 is 1.24 bits per heavy atom. The van der Waals surface area contributed by atoms with E-state index in [1.54, 1.807) is 30.3 Å². The minimum absolute atomic E-state index is 0.0147. The zero-order chi connectivity index (χ0) is 18.0. The highest BCUT2D eigenvalue weighted by Crippen LogP contribution is 2.33. The van der Waals surface area contributed by atoms with Crippen LogP contribution in [0, 0.1) is 0 Å². The fourth-order valence-corrected chi connectivity index (χ4v) is 4.47. The van der Waals surface area contributed by atoms with Crippen molar-refractivity contribution in [3.8, 4) is 5.75 Å². The number of rotatable bonds is 6. The summed E-state index contributed by atoms with van der Waals surface area (Å²) in [5, 5.41) is 9.27. The van der Waals surface area contributed by atoms with Crippen molar-refractivity contribution in [2.75, 3.05) is 11.3 Å². The summed E-state index contributed by atoms with van der Waals surface area (Å²) in [4.78, 5) is 11.4. The highest BCUT2D eigenvalue weighted by Gasteiger charge is 2.27. The second-order valence-corrected chi connectivity index (χ2v) is 7.46. The lowest BCUT2D eigenvalue weighted by atomic mass is 10.1. The van der Waals surface area contributed by atoms with Crippen LogP contribution in [0.3, 0.4) is 0 Å². The van der Waals surface area contributed by atoms with Gasteiger partial charge in [0.2, 0.25) is 0 Å². The molecular weight excluding hydrogens is 342 g/mol. The van der Waals surface area contributed by atoms with Gasteiger partial charge in [0, 0.05) is 0 Å². The fraction of sp³-hybridized carbons (Fsp3) is 0.278.